The molecule has 0 spiro atoms. The predicted octanol–water partition coefficient (Wildman–Crippen LogP) is 2.60. The second-order valence-corrected chi connectivity index (χ2v) is 0.990. The normalized spacial score (nSPS) is 10.9. The summed E-state index contributed by atoms with van der Waals surface area (Å²) in [6.07, 6.45) is 0. The zero-order valence-corrected chi connectivity index (χ0v) is 8.38. The van der Waals surface area contributed by atoms with Crippen LogP contribution in [0, 0.1) is 35.6 Å². The van der Waals surface area contributed by atoms with E-state index in [-0.39, 0.29) is 35.6 Å². The molecular formula is B2F8La-2. The fourth-order valence-corrected chi connectivity index (χ4v) is 0. The van der Waals surface area contributed by atoms with Crippen LogP contribution in [0.4, 0.5) is 34.5 Å². The molecule has 0 aliphatic rings. The first-order valence-corrected chi connectivity index (χ1v) is 1.75. The molecular weight excluding hydrogens is 313 g/mol. The summed E-state index contributed by atoms with van der Waals surface area (Å²) in [4.78, 5) is 0. The second-order valence-electron chi connectivity index (χ2n) is 0.990. The van der Waals surface area contributed by atoms with Crippen molar-refractivity contribution in [3.05, 3.63) is 0 Å². The molecule has 0 aliphatic heterocycles. The van der Waals surface area contributed by atoms with Gasteiger partial charge in [0.1, 0.15) is 0 Å². The van der Waals surface area contributed by atoms with Crippen molar-refractivity contribution in [2.75, 3.05) is 0 Å². The zero-order chi connectivity index (χ0) is 9.00. The quantitative estimate of drug-likeness (QED) is 0.476. The molecule has 0 saturated heterocycles. The van der Waals surface area contributed by atoms with Gasteiger partial charge in [0.05, 0.1) is 0 Å². The van der Waals surface area contributed by atoms with E-state index in [1.807, 2.05) is 0 Å². The maximum absolute atomic E-state index is 9.75. The van der Waals surface area contributed by atoms with Gasteiger partial charge in [-0.15, -0.1) is 0 Å². The first-order valence-electron chi connectivity index (χ1n) is 1.75. The molecule has 11 heteroatoms. The molecule has 0 amide bonds. The van der Waals surface area contributed by atoms with E-state index in [9.17, 15) is 34.5 Å². The Labute approximate surface area is 84.5 Å². The minimum atomic E-state index is -6.00. The third-order valence-corrected chi connectivity index (χ3v) is 0. The zero-order valence-electron chi connectivity index (χ0n) is 4.76. The predicted molar refractivity (Wildman–Crippen MR) is 20.4 cm³/mol. The van der Waals surface area contributed by atoms with E-state index in [4.69, 9.17) is 0 Å². The number of halogens is 8. The van der Waals surface area contributed by atoms with Crippen molar-refractivity contribution in [2.24, 2.45) is 0 Å². The van der Waals surface area contributed by atoms with Gasteiger partial charge >= 0.3 is 14.5 Å². The molecule has 67 valence electrons. The van der Waals surface area contributed by atoms with Gasteiger partial charge in [-0.05, 0) is 0 Å². The van der Waals surface area contributed by atoms with Gasteiger partial charge in [-0.1, -0.05) is 0 Å². The first kappa shape index (κ1) is 17.7. The van der Waals surface area contributed by atoms with Gasteiger partial charge in [0, 0.05) is 35.6 Å². The van der Waals surface area contributed by atoms with E-state index < -0.39 is 14.5 Å². The number of hydrogen-bond donors (Lipinski definition) is 0. The van der Waals surface area contributed by atoms with E-state index in [2.05, 4.69) is 0 Å². The van der Waals surface area contributed by atoms with Crippen molar-refractivity contribution < 1.29 is 70.1 Å². The molecule has 0 aliphatic carbocycles. The van der Waals surface area contributed by atoms with Gasteiger partial charge in [0.25, 0.3) is 0 Å². The molecule has 0 rings (SSSR count). The number of hydrogen-bond acceptors (Lipinski definition) is 0. The van der Waals surface area contributed by atoms with Gasteiger partial charge in [-0.25, -0.2) is 0 Å². The van der Waals surface area contributed by atoms with Crippen molar-refractivity contribution in [3.63, 3.8) is 0 Å². The molecule has 0 aromatic carbocycles. The number of rotatable bonds is 0. The standard InChI is InChI=1S/2BF4.La/c2*2-1(3,4)5;/q2*-1;. The van der Waals surface area contributed by atoms with E-state index in [1.54, 1.807) is 0 Å². The maximum atomic E-state index is 9.75. The minimum Gasteiger partial charge on any atom is -0.418 e. The van der Waals surface area contributed by atoms with E-state index in [1.165, 1.54) is 0 Å². The van der Waals surface area contributed by atoms with Crippen molar-refractivity contribution in [1.29, 1.82) is 0 Å². The van der Waals surface area contributed by atoms with E-state index in [0.717, 1.165) is 0 Å². The summed E-state index contributed by atoms with van der Waals surface area (Å²) in [5.41, 5.74) is 0. The van der Waals surface area contributed by atoms with Gasteiger partial charge in [0.15, 0.2) is 0 Å². The molecule has 0 aromatic rings. The SMILES string of the molecule is F[B-](F)(F)F.F[B-](F)(F)F.[La]. The summed E-state index contributed by atoms with van der Waals surface area (Å²) >= 11 is 0. The summed E-state index contributed by atoms with van der Waals surface area (Å²) < 4.78 is 78.0. The summed E-state index contributed by atoms with van der Waals surface area (Å²) in [6.45, 7) is 0. The fraction of sp³-hybridized carbons (Fsp3) is 0. The largest absolute Gasteiger partial charge is 0.673 e. The Bertz CT molecular complexity index is 55.1. The van der Waals surface area contributed by atoms with Crippen LogP contribution in [0.3, 0.4) is 0 Å². The topological polar surface area (TPSA) is 0 Å². The van der Waals surface area contributed by atoms with Gasteiger partial charge in [-0.3, -0.25) is 0 Å². The summed E-state index contributed by atoms with van der Waals surface area (Å²) in [5, 5.41) is 0. The Hall–Kier alpha value is 0.765. The van der Waals surface area contributed by atoms with Crippen LogP contribution >= 0.6 is 0 Å². The van der Waals surface area contributed by atoms with Crippen LogP contribution in [-0.4, -0.2) is 14.5 Å². The van der Waals surface area contributed by atoms with Crippen LogP contribution in [-0.2, 0) is 0 Å². The molecule has 0 N–H and O–H groups in total. The molecule has 0 unspecified atom stereocenters. The Kier molecular flexibility index (Phi) is 10.2. The third kappa shape index (κ3) is 1410. The monoisotopic (exact) mass is 313 g/mol. The minimum absolute atomic E-state index is 0. The molecule has 0 fully saturated rings. The van der Waals surface area contributed by atoms with Crippen LogP contribution in [0.15, 0.2) is 0 Å². The van der Waals surface area contributed by atoms with E-state index in [0.29, 0.717) is 0 Å². The smallest absolute Gasteiger partial charge is 0.418 e. The van der Waals surface area contributed by atoms with Crippen LogP contribution in [0.5, 0.6) is 0 Å². The van der Waals surface area contributed by atoms with Gasteiger partial charge < -0.3 is 34.5 Å². The average Bonchev–Trinajstić information content (AvgIpc) is 1.12. The van der Waals surface area contributed by atoms with Crippen LogP contribution in [0.2, 0.25) is 0 Å². The van der Waals surface area contributed by atoms with E-state index >= 15 is 0 Å². The fourth-order valence-electron chi connectivity index (χ4n) is 0. The van der Waals surface area contributed by atoms with Crippen molar-refractivity contribution >= 4 is 14.5 Å². The first-order chi connectivity index (χ1) is 4.00. The van der Waals surface area contributed by atoms with Crippen LogP contribution in [0.25, 0.3) is 0 Å². The van der Waals surface area contributed by atoms with Crippen molar-refractivity contribution in [3.8, 4) is 0 Å². The Balaban J connectivity index is -0.000000107. The third-order valence-electron chi connectivity index (χ3n) is 0. The van der Waals surface area contributed by atoms with Gasteiger partial charge in [-0.2, -0.15) is 0 Å². The molecule has 0 nitrogen and oxygen atoms in total. The molecule has 1 radical (unpaired) electrons. The molecule has 0 bridgehead atoms. The van der Waals surface area contributed by atoms with Gasteiger partial charge in [0.2, 0.25) is 0 Å². The summed E-state index contributed by atoms with van der Waals surface area (Å²) in [7, 11) is -12.0. The second kappa shape index (κ2) is 6.30. The average molecular weight is 313 g/mol. The Morgan fingerprint density at radius 3 is 0.455 bits per heavy atom. The Morgan fingerprint density at radius 1 is 0.455 bits per heavy atom. The summed E-state index contributed by atoms with van der Waals surface area (Å²) in [6, 6.07) is 0. The Morgan fingerprint density at radius 2 is 0.455 bits per heavy atom. The maximum Gasteiger partial charge on any atom is 0.673 e. The van der Waals surface area contributed by atoms with Crippen LogP contribution < -0.4 is 0 Å². The molecule has 0 saturated carbocycles. The molecule has 11 heavy (non-hydrogen) atoms. The molecule has 0 heterocycles. The molecule has 0 atom stereocenters. The van der Waals surface area contributed by atoms with Crippen LogP contribution in [0.1, 0.15) is 0 Å². The molecule has 0 aromatic heterocycles. The summed E-state index contributed by atoms with van der Waals surface area (Å²) in [5.74, 6) is 0. The van der Waals surface area contributed by atoms with Crippen molar-refractivity contribution in [1.82, 2.24) is 0 Å². The van der Waals surface area contributed by atoms with Crippen molar-refractivity contribution in [2.45, 2.75) is 0 Å².